The van der Waals surface area contributed by atoms with Crippen LogP contribution < -0.4 is 15.6 Å². The van der Waals surface area contributed by atoms with E-state index in [0.29, 0.717) is 12.2 Å². The third-order valence-electron chi connectivity index (χ3n) is 2.92. The average molecular weight is 316 g/mol. The Hall–Kier alpha value is -2.76. The van der Waals surface area contributed by atoms with Gasteiger partial charge in [0.25, 0.3) is 0 Å². The summed E-state index contributed by atoms with van der Waals surface area (Å²) in [6.45, 7) is 4.07. The van der Waals surface area contributed by atoms with Crippen LogP contribution in [-0.2, 0) is 11.4 Å². The third-order valence-corrected chi connectivity index (χ3v) is 2.92. The smallest absolute Gasteiger partial charge is 0.305 e. The molecular formula is C17H20N2O4. The van der Waals surface area contributed by atoms with Gasteiger partial charge in [-0.05, 0) is 30.2 Å². The van der Waals surface area contributed by atoms with E-state index in [4.69, 9.17) is 9.15 Å². The van der Waals surface area contributed by atoms with Crippen molar-refractivity contribution < 1.29 is 18.7 Å². The molecule has 1 aromatic carbocycles. The molecule has 6 heteroatoms. The van der Waals surface area contributed by atoms with E-state index in [9.17, 15) is 9.59 Å². The molecule has 0 unspecified atom stereocenters. The van der Waals surface area contributed by atoms with Crippen LogP contribution in [0, 0.1) is 5.92 Å². The molecule has 0 aliphatic carbocycles. The Kier molecular flexibility index (Phi) is 5.80. The summed E-state index contributed by atoms with van der Waals surface area (Å²) in [6, 6.07) is 12.5. The highest BCUT2D eigenvalue weighted by Crippen LogP contribution is 2.13. The molecule has 1 aromatic heterocycles. The Morgan fingerprint density at radius 1 is 1.09 bits per heavy atom. The number of benzene rings is 1. The molecule has 0 aliphatic rings. The number of nitrogens with one attached hydrogen (secondary N) is 2. The van der Waals surface area contributed by atoms with Crippen molar-refractivity contribution in [2.75, 3.05) is 0 Å². The van der Waals surface area contributed by atoms with Gasteiger partial charge >= 0.3 is 5.91 Å². The van der Waals surface area contributed by atoms with Crippen molar-refractivity contribution in [1.29, 1.82) is 0 Å². The molecule has 23 heavy (non-hydrogen) atoms. The zero-order valence-corrected chi connectivity index (χ0v) is 13.2. The average Bonchev–Trinajstić information content (AvgIpc) is 3.00. The van der Waals surface area contributed by atoms with E-state index < -0.39 is 5.91 Å². The van der Waals surface area contributed by atoms with E-state index in [2.05, 4.69) is 10.9 Å². The fourth-order valence-electron chi connectivity index (χ4n) is 1.86. The molecule has 2 aromatic rings. The minimum Gasteiger partial charge on any atom is -0.486 e. The first-order valence-electron chi connectivity index (χ1n) is 7.40. The number of para-hydroxylation sites is 1. The van der Waals surface area contributed by atoms with Gasteiger partial charge in [-0.3, -0.25) is 20.4 Å². The van der Waals surface area contributed by atoms with Gasteiger partial charge in [0.15, 0.2) is 5.76 Å². The topological polar surface area (TPSA) is 80.6 Å². The number of furan rings is 1. The number of ether oxygens (including phenoxy) is 1. The number of amides is 2. The maximum atomic E-state index is 11.9. The van der Waals surface area contributed by atoms with Crippen LogP contribution in [0.3, 0.4) is 0 Å². The van der Waals surface area contributed by atoms with Gasteiger partial charge in [0, 0.05) is 6.42 Å². The Bertz CT molecular complexity index is 650. The van der Waals surface area contributed by atoms with E-state index in [1.54, 1.807) is 6.07 Å². The summed E-state index contributed by atoms with van der Waals surface area (Å²) < 4.78 is 10.9. The van der Waals surface area contributed by atoms with Gasteiger partial charge in [0.2, 0.25) is 5.91 Å². The van der Waals surface area contributed by atoms with Crippen LogP contribution in [0.1, 0.15) is 36.6 Å². The van der Waals surface area contributed by atoms with Gasteiger partial charge in [0.05, 0.1) is 0 Å². The van der Waals surface area contributed by atoms with Crippen LogP contribution in [0.25, 0.3) is 0 Å². The first-order valence-corrected chi connectivity index (χ1v) is 7.40. The summed E-state index contributed by atoms with van der Waals surface area (Å²) in [6.07, 6.45) is 0.342. The summed E-state index contributed by atoms with van der Waals surface area (Å²) >= 11 is 0. The van der Waals surface area contributed by atoms with E-state index in [-0.39, 0.29) is 24.2 Å². The molecule has 0 atom stereocenters. The highest BCUT2D eigenvalue weighted by Gasteiger charge is 2.13. The van der Waals surface area contributed by atoms with E-state index in [0.717, 1.165) is 5.75 Å². The first-order chi connectivity index (χ1) is 11.0. The molecule has 0 radical (unpaired) electrons. The number of carbonyl (C=O) groups is 2. The van der Waals surface area contributed by atoms with E-state index in [1.165, 1.54) is 6.07 Å². The molecule has 2 N–H and O–H groups in total. The second kappa shape index (κ2) is 8.03. The lowest BCUT2D eigenvalue weighted by Gasteiger charge is -2.07. The predicted molar refractivity (Wildman–Crippen MR) is 84.5 cm³/mol. The fourth-order valence-corrected chi connectivity index (χ4v) is 1.86. The Morgan fingerprint density at radius 2 is 1.83 bits per heavy atom. The highest BCUT2D eigenvalue weighted by molar-refractivity contribution is 5.92. The van der Waals surface area contributed by atoms with Gasteiger partial charge in [-0.1, -0.05) is 32.0 Å². The van der Waals surface area contributed by atoms with Crippen LogP contribution in [0.4, 0.5) is 0 Å². The zero-order valence-electron chi connectivity index (χ0n) is 13.2. The lowest BCUT2D eigenvalue weighted by Crippen LogP contribution is -2.41. The first kappa shape index (κ1) is 16.6. The lowest BCUT2D eigenvalue weighted by molar-refractivity contribution is -0.122. The molecule has 0 saturated carbocycles. The second-order valence-corrected chi connectivity index (χ2v) is 5.47. The zero-order chi connectivity index (χ0) is 16.7. The standard InChI is InChI=1S/C17H20N2O4/c1-12(2)10-16(20)18-19-17(21)15-9-8-14(23-15)11-22-13-6-4-3-5-7-13/h3-9,12H,10-11H2,1-2H3,(H,18,20)(H,19,21). The van der Waals surface area contributed by atoms with Crippen LogP contribution >= 0.6 is 0 Å². The number of hydrogen-bond acceptors (Lipinski definition) is 4. The SMILES string of the molecule is CC(C)CC(=O)NNC(=O)c1ccc(COc2ccccc2)o1. The van der Waals surface area contributed by atoms with Crippen molar-refractivity contribution in [3.63, 3.8) is 0 Å². The highest BCUT2D eigenvalue weighted by atomic mass is 16.5. The molecule has 2 rings (SSSR count). The van der Waals surface area contributed by atoms with Crippen LogP contribution in [0.5, 0.6) is 5.75 Å². The molecule has 122 valence electrons. The van der Waals surface area contributed by atoms with Crippen molar-refractivity contribution in [3.8, 4) is 5.75 Å². The molecule has 0 aliphatic heterocycles. The van der Waals surface area contributed by atoms with Crippen molar-refractivity contribution in [2.24, 2.45) is 5.92 Å². The van der Waals surface area contributed by atoms with Gasteiger partial charge in [0.1, 0.15) is 18.1 Å². The Morgan fingerprint density at radius 3 is 2.52 bits per heavy atom. The van der Waals surface area contributed by atoms with Crippen molar-refractivity contribution in [3.05, 3.63) is 54.0 Å². The minimum absolute atomic E-state index is 0.113. The Balaban J connectivity index is 1.81. The summed E-state index contributed by atoms with van der Waals surface area (Å²) in [7, 11) is 0. The van der Waals surface area contributed by atoms with Crippen LogP contribution in [-0.4, -0.2) is 11.8 Å². The molecule has 6 nitrogen and oxygen atoms in total. The monoisotopic (exact) mass is 316 g/mol. The summed E-state index contributed by atoms with van der Waals surface area (Å²) in [5, 5.41) is 0. The number of hydrazine groups is 1. The third kappa shape index (κ3) is 5.50. The van der Waals surface area contributed by atoms with Crippen molar-refractivity contribution >= 4 is 11.8 Å². The number of rotatable bonds is 6. The molecule has 2 amide bonds. The van der Waals surface area contributed by atoms with Gasteiger partial charge < -0.3 is 9.15 Å². The second-order valence-electron chi connectivity index (χ2n) is 5.47. The van der Waals surface area contributed by atoms with Gasteiger partial charge in [-0.2, -0.15) is 0 Å². The van der Waals surface area contributed by atoms with Crippen LogP contribution in [0.15, 0.2) is 46.9 Å². The van der Waals surface area contributed by atoms with Crippen molar-refractivity contribution in [2.45, 2.75) is 26.9 Å². The van der Waals surface area contributed by atoms with Gasteiger partial charge in [-0.15, -0.1) is 0 Å². The normalized spacial score (nSPS) is 10.4. The Labute approximate surface area is 134 Å². The van der Waals surface area contributed by atoms with Crippen LogP contribution in [0.2, 0.25) is 0 Å². The number of carbonyl (C=O) groups excluding carboxylic acids is 2. The summed E-state index contributed by atoms with van der Waals surface area (Å²) in [5.74, 6) is 0.822. The quantitative estimate of drug-likeness (QED) is 0.803. The van der Waals surface area contributed by atoms with E-state index in [1.807, 2.05) is 44.2 Å². The molecule has 1 heterocycles. The molecule has 0 saturated heterocycles. The molecular weight excluding hydrogens is 296 g/mol. The minimum atomic E-state index is -0.506. The predicted octanol–water partition coefficient (Wildman–Crippen LogP) is 2.67. The largest absolute Gasteiger partial charge is 0.486 e. The van der Waals surface area contributed by atoms with Crippen molar-refractivity contribution in [1.82, 2.24) is 10.9 Å². The molecule has 0 bridgehead atoms. The molecule has 0 fully saturated rings. The van der Waals surface area contributed by atoms with E-state index >= 15 is 0 Å². The maximum absolute atomic E-state index is 11.9. The maximum Gasteiger partial charge on any atom is 0.305 e. The number of hydrogen-bond donors (Lipinski definition) is 2. The summed E-state index contributed by atoms with van der Waals surface area (Å²) in [5.41, 5.74) is 4.67. The lowest BCUT2D eigenvalue weighted by atomic mass is 10.1. The van der Waals surface area contributed by atoms with Gasteiger partial charge in [-0.25, -0.2) is 0 Å². The fraction of sp³-hybridized carbons (Fsp3) is 0.294. The molecule has 0 spiro atoms. The summed E-state index contributed by atoms with van der Waals surface area (Å²) in [4.78, 5) is 23.3.